The number of nitrogens with one attached hydrogen (secondary N) is 1. The first kappa shape index (κ1) is 9.99. The lowest BCUT2D eigenvalue weighted by molar-refractivity contribution is 0.568. The van der Waals surface area contributed by atoms with E-state index in [1.807, 2.05) is 12.1 Å². The van der Waals surface area contributed by atoms with Crippen LogP contribution in [0, 0.1) is 5.92 Å². The summed E-state index contributed by atoms with van der Waals surface area (Å²) in [6, 6.07) is 3.93. The molecule has 0 aliphatic carbocycles. The maximum absolute atomic E-state index is 5.46. The van der Waals surface area contributed by atoms with E-state index in [1.54, 1.807) is 12.4 Å². The Morgan fingerprint density at radius 2 is 2.15 bits per heavy atom. The van der Waals surface area contributed by atoms with Gasteiger partial charge < -0.3 is 11.1 Å². The minimum absolute atomic E-state index is 0.623. The molecule has 72 valence electrons. The summed E-state index contributed by atoms with van der Waals surface area (Å²) in [5, 5.41) is 3.33. The third-order valence-electron chi connectivity index (χ3n) is 1.99. The van der Waals surface area contributed by atoms with Gasteiger partial charge in [0.25, 0.3) is 0 Å². The molecule has 0 aliphatic rings. The molecule has 13 heavy (non-hydrogen) atoms. The summed E-state index contributed by atoms with van der Waals surface area (Å²) in [4.78, 5) is 3.95. The van der Waals surface area contributed by atoms with Gasteiger partial charge in [-0.15, -0.1) is 0 Å². The maximum atomic E-state index is 5.46. The average Bonchev–Trinajstić information content (AvgIpc) is 2.17. The third kappa shape index (κ3) is 3.90. The van der Waals surface area contributed by atoms with Crippen molar-refractivity contribution in [2.75, 3.05) is 18.4 Å². The topological polar surface area (TPSA) is 50.9 Å². The molecular weight excluding hydrogens is 162 g/mol. The molecule has 0 amide bonds. The van der Waals surface area contributed by atoms with Crippen molar-refractivity contribution in [1.29, 1.82) is 0 Å². The SMILES string of the molecule is CC(CCN)CNc1ccncc1. The fourth-order valence-electron chi connectivity index (χ4n) is 1.15. The summed E-state index contributed by atoms with van der Waals surface area (Å²) in [6.45, 7) is 3.93. The van der Waals surface area contributed by atoms with Gasteiger partial charge in [0.05, 0.1) is 0 Å². The third-order valence-corrected chi connectivity index (χ3v) is 1.99. The van der Waals surface area contributed by atoms with Gasteiger partial charge in [0.15, 0.2) is 0 Å². The van der Waals surface area contributed by atoms with Crippen molar-refractivity contribution >= 4 is 5.69 Å². The predicted octanol–water partition coefficient (Wildman–Crippen LogP) is 1.48. The fourth-order valence-corrected chi connectivity index (χ4v) is 1.15. The number of anilines is 1. The molecule has 0 saturated carbocycles. The van der Waals surface area contributed by atoms with E-state index in [0.29, 0.717) is 5.92 Å². The first-order valence-corrected chi connectivity index (χ1v) is 4.67. The highest BCUT2D eigenvalue weighted by Gasteiger charge is 1.99. The molecule has 3 heteroatoms. The van der Waals surface area contributed by atoms with Crippen LogP contribution in [0.1, 0.15) is 13.3 Å². The van der Waals surface area contributed by atoms with Crippen LogP contribution in [0.5, 0.6) is 0 Å². The lowest BCUT2D eigenvalue weighted by Crippen LogP contribution is -2.15. The average molecular weight is 179 g/mol. The molecule has 1 rings (SSSR count). The van der Waals surface area contributed by atoms with Crippen LogP contribution in [0.15, 0.2) is 24.5 Å². The molecule has 3 N–H and O–H groups in total. The van der Waals surface area contributed by atoms with Crippen molar-refractivity contribution < 1.29 is 0 Å². The van der Waals surface area contributed by atoms with Crippen molar-refractivity contribution in [3.05, 3.63) is 24.5 Å². The quantitative estimate of drug-likeness (QED) is 0.719. The summed E-state index contributed by atoms with van der Waals surface area (Å²) in [7, 11) is 0. The zero-order valence-corrected chi connectivity index (χ0v) is 8.03. The summed E-state index contributed by atoms with van der Waals surface area (Å²) in [5.74, 6) is 0.623. The van der Waals surface area contributed by atoms with Crippen molar-refractivity contribution in [2.24, 2.45) is 11.7 Å². The Labute approximate surface area is 79.4 Å². The van der Waals surface area contributed by atoms with Gasteiger partial charge in [-0.3, -0.25) is 4.98 Å². The van der Waals surface area contributed by atoms with Crippen molar-refractivity contribution in [2.45, 2.75) is 13.3 Å². The van der Waals surface area contributed by atoms with Gasteiger partial charge in [-0.25, -0.2) is 0 Å². The second kappa shape index (κ2) is 5.54. The molecule has 3 nitrogen and oxygen atoms in total. The minimum atomic E-state index is 0.623. The first-order chi connectivity index (χ1) is 6.33. The Balaban J connectivity index is 2.27. The Morgan fingerprint density at radius 1 is 1.46 bits per heavy atom. The lowest BCUT2D eigenvalue weighted by atomic mass is 10.1. The highest BCUT2D eigenvalue weighted by Crippen LogP contribution is 2.06. The summed E-state index contributed by atoms with van der Waals surface area (Å²) < 4.78 is 0. The van der Waals surface area contributed by atoms with Crippen molar-refractivity contribution in [3.63, 3.8) is 0 Å². The molecule has 0 aliphatic heterocycles. The summed E-state index contributed by atoms with van der Waals surface area (Å²) in [5.41, 5.74) is 6.58. The van der Waals surface area contributed by atoms with Crippen LogP contribution >= 0.6 is 0 Å². The molecule has 0 bridgehead atoms. The molecule has 1 aromatic heterocycles. The standard InChI is InChI=1S/C10H17N3/c1-9(2-5-11)8-13-10-3-6-12-7-4-10/h3-4,6-7,9H,2,5,8,11H2,1H3,(H,12,13). The molecule has 0 aromatic carbocycles. The normalized spacial score (nSPS) is 12.5. The number of rotatable bonds is 5. The van der Waals surface area contributed by atoms with Gasteiger partial charge >= 0.3 is 0 Å². The largest absolute Gasteiger partial charge is 0.385 e. The molecule has 0 fully saturated rings. The van der Waals surface area contributed by atoms with E-state index >= 15 is 0 Å². The van der Waals surface area contributed by atoms with E-state index in [9.17, 15) is 0 Å². The second-order valence-corrected chi connectivity index (χ2v) is 3.30. The van der Waals surface area contributed by atoms with E-state index in [0.717, 1.165) is 25.2 Å². The highest BCUT2D eigenvalue weighted by atomic mass is 14.9. The van der Waals surface area contributed by atoms with Gasteiger partial charge in [0.1, 0.15) is 0 Å². The Hall–Kier alpha value is -1.09. The molecular formula is C10H17N3. The van der Waals surface area contributed by atoms with Crippen LogP contribution in [-0.4, -0.2) is 18.1 Å². The van der Waals surface area contributed by atoms with E-state index in [2.05, 4.69) is 17.2 Å². The van der Waals surface area contributed by atoms with Gasteiger partial charge in [-0.05, 0) is 31.0 Å². The van der Waals surface area contributed by atoms with E-state index in [-0.39, 0.29) is 0 Å². The van der Waals surface area contributed by atoms with Crippen LogP contribution in [-0.2, 0) is 0 Å². The number of pyridine rings is 1. The zero-order chi connectivity index (χ0) is 9.52. The van der Waals surface area contributed by atoms with Crippen LogP contribution in [0.3, 0.4) is 0 Å². The molecule has 0 spiro atoms. The number of aromatic nitrogens is 1. The predicted molar refractivity (Wildman–Crippen MR) is 55.6 cm³/mol. The number of nitrogens with two attached hydrogens (primary N) is 1. The van der Waals surface area contributed by atoms with Crippen LogP contribution in [0.4, 0.5) is 5.69 Å². The van der Waals surface area contributed by atoms with Crippen molar-refractivity contribution in [1.82, 2.24) is 4.98 Å². The van der Waals surface area contributed by atoms with Crippen LogP contribution in [0.2, 0.25) is 0 Å². The smallest absolute Gasteiger partial charge is 0.0371 e. The minimum Gasteiger partial charge on any atom is -0.385 e. The number of nitrogens with zero attached hydrogens (tertiary/aromatic N) is 1. The van der Waals surface area contributed by atoms with E-state index in [4.69, 9.17) is 5.73 Å². The van der Waals surface area contributed by atoms with Gasteiger partial charge in [-0.1, -0.05) is 6.92 Å². The molecule has 0 radical (unpaired) electrons. The second-order valence-electron chi connectivity index (χ2n) is 3.30. The van der Waals surface area contributed by atoms with Crippen LogP contribution < -0.4 is 11.1 Å². The molecule has 1 heterocycles. The molecule has 0 saturated heterocycles. The Bertz CT molecular complexity index is 223. The van der Waals surface area contributed by atoms with E-state index in [1.165, 1.54) is 0 Å². The lowest BCUT2D eigenvalue weighted by Gasteiger charge is -2.11. The summed E-state index contributed by atoms with van der Waals surface area (Å²) in [6.07, 6.45) is 4.64. The zero-order valence-electron chi connectivity index (χ0n) is 8.03. The monoisotopic (exact) mass is 179 g/mol. The Kier molecular flexibility index (Phi) is 4.26. The molecule has 1 unspecified atom stereocenters. The van der Waals surface area contributed by atoms with Gasteiger partial charge in [-0.2, -0.15) is 0 Å². The highest BCUT2D eigenvalue weighted by molar-refractivity contribution is 5.40. The van der Waals surface area contributed by atoms with Gasteiger partial charge in [0, 0.05) is 24.6 Å². The fraction of sp³-hybridized carbons (Fsp3) is 0.500. The van der Waals surface area contributed by atoms with Crippen molar-refractivity contribution in [3.8, 4) is 0 Å². The number of hydrogen-bond donors (Lipinski definition) is 2. The maximum Gasteiger partial charge on any atom is 0.0371 e. The molecule has 1 aromatic rings. The first-order valence-electron chi connectivity index (χ1n) is 4.67. The summed E-state index contributed by atoms with van der Waals surface area (Å²) >= 11 is 0. The van der Waals surface area contributed by atoms with Crippen LogP contribution in [0.25, 0.3) is 0 Å². The molecule has 1 atom stereocenters. The number of hydrogen-bond acceptors (Lipinski definition) is 3. The van der Waals surface area contributed by atoms with E-state index < -0.39 is 0 Å². The van der Waals surface area contributed by atoms with Gasteiger partial charge in [0.2, 0.25) is 0 Å². The Morgan fingerprint density at radius 3 is 2.77 bits per heavy atom.